The fourth-order valence-electron chi connectivity index (χ4n) is 2.95. The van der Waals surface area contributed by atoms with Gasteiger partial charge in [-0.3, -0.25) is 4.79 Å². The highest BCUT2D eigenvalue weighted by atomic mass is 32.2. The van der Waals surface area contributed by atoms with E-state index < -0.39 is 0 Å². The van der Waals surface area contributed by atoms with Crippen LogP contribution in [-0.2, 0) is 11.2 Å². The van der Waals surface area contributed by atoms with E-state index in [1.165, 1.54) is 0 Å². The first-order valence-corrected chi connectivity index (χ1v) is 8.51. The average Bonchev–Trinajstić information content (AvgIpc) is 2.95. The molecule has 2 rings (SSSR count). The number of carbonyl (C=O) groups excluding carboxylic acids is 1. The highest BCUT2D eigenvalue weighted by Gasteiger charge is 2.38. The maximum Gasteiger partial charge on any atom is 0.233 e. The summed E-state index contributed by atoms with van der Waals surface area (Å²) in [7, 11) is 4.14. The largest absolute Gasteiger partial charge is 0.463 e. The maximum absolute atomic E-state index is 12.2. The van der Waals surface area contributed by atoms with E-state index in [9.17, 15) is 4.79 Å². The molecule has 1 atom stereocenters. The highest BCUT2D eigenvalue weighted by Crippen LogP contribution is 2.41. The standard InChI is InChI=1S/C16H26N2O2S/c1-6-12-7-8-13(20-12)15-18(14(19)9-21-15)11-16(2,3)10-17(4)5/h7-8,15H,6,9-11H2,1-5H3. The number of carbonyl (C=O) groups is 1. The SMILES string of the molecule is CCc1ccc(C2SCC(=O)N2CC(C)(C)CN(C)C)o1. The molecule has 1 amide bonds. The van der Waals surface area contributed by atoms with Crippen molar-refractivity contribution in [3.63, 3.8) is 0 Å². The third-order valence-corrected chi connectivity index (χ3v) is 4.80. The summed E-state index contributed by atoms with van der Waals surface area (Å²) in [6, 6.07) is 4.03. The number of thioether (sulfide) groups is 1. The Morgan fingerprint density at radius 2 is 2.14 bits per heavy atom. The van der Waals surface area contributed by atoms with Gasteiger partial charge < -0.3 is 14.2 Å². The van der Waals surface area contributed by atoms with Crippen LogP contribution in [0, 0.1) is 5.41 Å². The molecule has 0 aromatic carbocycles. The number of aryl methyl sites for hydroxylation is 1. The molecule has 1 saturated heterocycles. The maximum atomic E-state index is 12.2. The molecule has 118 valence electrons. The van der Waals surface area contributed by atoms with Gasteiger partial charge in [-0.2, -0.15) is 0 Å². The van der Waals surface area contributed by atoms with Crippen molar-refractivity contribution in [1.82, 2.24) is 9.80 Å². The van der Waals surface area contributed by atoms with Crippen LogP contribution in [0.4, 0.5) is 0 Å². The summed E-state index contributed by atoms with van der Waals surface area (Å²) in [6.45, 7) is 8.20. The first kappa shape index (κ1) is 16.4. The Labute approximate surface area is 131 Å². The van der Waals surface area contributed by atoms with Gasteiger partial charge in [-0.05, 0) is 31.6 Å². The summed E-state index contributed by atoms with van der Waals surface area (Å²) < 4.78 is 5.87. The molecule has 1 aliphatic rings. The Bertz CT molecular complexity index is 496. The van der Waals surface area contributed by atoms with Crippen LogP contribution in [0.15, 0.2) is 16.5 Å². The normalized spacial score (nSPS) is 19.8. The number of furan rings is 1. The zero-order valence-corrected chi connectivity index (χ0v) is 14.5. The smallest absolute Gasteiger partial charge is 0.233 e. The fourth-order valence-corrected chi connectivity index (χ4v) is 4.07. The Kier molecular flexibility index (Phi) is 5.04. The third kappa shape index (κ3) is 4.04. The Morgan fingerprint density at radius 1 is 1.43 bits per heavy atom. The first-order valence-electron chi connectivity index (χ1n) is 7.47. The van der Waals surface area contributed by atoms with Crippen LogP contribution in [0.2, 0.25) is 0 Å². The van der Waals surface area contributed by atoms with E-state index in [1.807, 2.05) is 17.0 Å². The molecule has 2 heterocycles. The van der Waals surface area contributed by atoms with Crippen LogP contribution in [0.1, 0.15) is 37.7 Å². The summed E-state index contributed by atoms with van der Waals surface area (Å²) >= 11 is 1.66. The number of amides is 1. The van der Waals surface area contributed by atoms with E-state index in [4.69, 9.17) is 4.42 Å². The molecular formula is C16H26N2O2S. The molecule has 0 radical (unpaired) electrons. The highest BCUT2D eigenvalue weighted by molar-refractivity contribution is 8.00. The minimum Gasteiger partial charge on any atom is -0.463 e. The number of hydrogen-bond donors (Lipinski definition) is 0. The Morgan fingerprint density at radius 3 is 2.71 bits per heavy atom. The van der Waals surface area contributed by atoms with Crippen LogP contribution >= 0.6 is 11.8 Å². The molecule has 0 spiro atoms. The van der Waals surface area contributed by atoms with Crippen LogP contribution < -0.4 is 0 Å². The lowest BCUT2D eigenvalue weighted by Gasteiger charge is -2.34. The van der Waals surface area contributed by atoms with E-state index in [2.05, 4.69) is 39.8 Å². The molecule has 1 aromatic heterocycles. The molecule has 1 fully saturated rings. The molecule has 1 aliphatic heterocycles. The second-order valence-corrected chi connectivity index (χ2v) is 7.81. The molecule has 0 saturated carbocycles. The molecule has 1 unspecified atom stereocenters. The van der Waals surface area contributed by atoms with E-state index in [-0.39, 0.29) is 16.7 Å². The van der Waals surface area contributed by atoms with Gasteiger partial charge in [-0.15, -0.1) is 11.8 Å². The van der Waals surface area contributed by atoms with E-state index in [0.29, 0.717) is 5.75 Å². The van der Waals surface area contributed by atoms with E-state index in [1.54, 1.807) is 11.8 Å². The van der Waals surface area contributed by atoms with Gasteiger partial charge in [0.1, 0.15) is 16.9 Å². The lowest BCUT2D eigenvalue weighted by atomic mass is 9.92. The van der Waals surface area contributed by atoms with Gasteiger partial charge >= 0.3 is 0 Å². The van der Waals surface area contributed by atoms with Gasteiger partial charge in [0, 0.05) is 19.5 Å². The van der Waals surface area contributed by atoms with Gasteiger partial charge in [0.2, 0.25) is 5.91 Å². The summed E-state index contributed by atoms with van der Waals surface area (Å²) in [4.78, 5) is 16.4. The fraction of sp³-hybridized carbons (Fsp3) is 0.688. The van der Waals surface area contributed by atoms with Gasteiger partial charge in [0.25, 0.3) is 0 Å². The molecule has 21 heavy (non-hydrogen) atoms. The van der Waals surface area contributed by atoms with Crippen molar-refractivity contribution in [3.8, 4) is 0 Å². The first-order chi connectivity index (χ1) is 9.82. The van der Waals surface area contributed by atoms with Crippen molar-refractivity contribution in [1.29, 1.82) is 0 Å². The van der Waals surface area contributed by atoms with Crippen molar-refractivity contribution in [2.75, 3.05) is 32.9 Å². The minimum atomic E-state index is 0.0271. The Balaban J connectivity index is 2.13. The van der Waals surface area contributed by atoms with Crippen molar-refractivity contribution < 1.29 is 9.21 Å². The van der Waals surface area contributed by atoms with Crippen molar-refractivity contribution >= 4 is 17.7 Å². The van der Waals surface area contributed by atoms with E-state index in [0.717, 1.165) is 31.0 Å². The number of rotatable bonds is 6. The van der Waals surface area contributed by atoms with Gasteiger partial charge in [0.15, 0.2) is 0 Å². The van der Waals surface area contributed by atoms with Crippen molar-refractivity contribution in [2.24, 2.45) is 5.41 Å². The predicted molar refractivity (Wildman–Crippen MR) is 87.3 cm³/mol. The van der Waals surface area contributed by atoms with Gasteiger partial charge in [-0.1, -0.05) is 20.8 Å². The van der Waals surface area contributed by atoms with Crippen LogP contribution in [0.3, 0.4) is 0 Å². The lowest BCUT2D eigenvalue weighted by Crippen LogP contribution is -2.41. The molecule has 0 N–H and O–H groups in total. The van der Waals surface area contributed by atoms with Crippen LogP contribution in [-0.4, -0.2) is 48.6 Å². The molecule has 5 heteroatoms. The molecule has 0 bridgehead atoms. The number of hydrogen-bond acceptors (Lipinski definition) is 4. The van der Waals surface area contributed by atoms with Gasteiger partial charge in [0.05, 0.1) is 5.75 Å². The average molecular weight is 310 g/mol. The van der Waals surface area contributed by atoms with Crippen LogP contribution in [0.5, 0.6) is 0 Å². The van der Waals surface area contributed by atoms with Crippen LogP contribution in [0.25, 0.3) is 0 Å². The number of nitrogens with zero attached hydrogens (tertiary/aromatic N) is 2. The molecule has 0 aliphatic carbocycles. The monoisotopic (exact) mass is 310 g/mol. The minimum absolute atomic E-state index is 0.0271. The summed E-state index contributed by atoms with van der Waals surface area (Å²) in [5.74, 6) is 2.65. The van der Waals surface area contributed by atoms with Gasteiger partial charge in [-0.25, -0.2) is 0 Å². The van der Waals surface area contributed by atoms with E-state index >= 15 is 0 Å². The zero-order valence-electron chi connectivity index (χ0n) is 13.7. The molecule has 4 nitrogen and oxygen atoms in total. The Hall–Kier alpha value is -0.940. The van der Waals surface area contributed by atoms with Crippen molar-refractivity contribution in [3.05, 3.63) is 23.7 Å². The zero-order chi connectivity index (χ0) is 15.6. The topological polar surface area (TPSA) is 36.7 Å². The summed E-state index contributed by atoms with van der Waals surface area (Å²) in [5, 5.41) is 0.0271. The van der Waals surface area contributed by atoms with Crippen molar-refractivity contribution in [2.45, 2.75) is 32.6 Å². The molecule has 1 aromatic rings. The summed E-state index contributed by atoms with van der Waals surface area (Å²) in [5.41, 5.74) is 0.0580. The second kappa shape index (κ2) is 6.44. The quantitative estimate of drug-likeness (QED) is 0.809. The molecular weight excluding hydrogens is 284 g/mol. The third-order valence-electron chi connectivity index (χ3n) is 3.59. The lowest BCUT2D eigenvalue weighted by molar-refractivity contribution is -0.129. The predicted octanol–water partition coefficient (Wildman–Crippen LogP) is 3.00. The summed E-state index contributed by atoms with van der Waals surface area (Å²) in [6.07, 6.45) is 0.886. The second-order valence-electron chi connectivity index (χ2n) is 6.74.